The number of hydrogen-bond acceptors (Lipinski definition) is 4. The maximum Gasteiger partial charge on any atom is 0.263 e. The first-order valence-electron chi connectivity index (χ1n) is 10.2. The molecule has 2 fully saturated rings. The molecule has 2 aromatic rings. The Hall–Kier alpha value is -1.89. The molecule has 2 aliphatic rings. The molecule has 0 saturated carbocycles. The van der Waals surface area contributed by atoms with Crippen molar-refractivity contribution in [3.8, 4) is 0 Å². The Balaban J connectivity index is 1.29. The first kappa shape index (κ1) is 20.4. The zero-order chi connectivity index (χ0) is 20.2. The molecule has 1 unspecified atom stereocenters. The van der Waals surface area contributed by atoms with Gasteiger partial charge >= 0.3 is 0 Å². The zero-order valence-electron chi connectivity index (χ0n) is 16.4. The molecule has 2 aliphatic heterocycles. The lowest BCUT2D eigenvalue weighted by molar-refractivity contribution is -0.138. The normalized spacial score (nSPS) is 20.7. The van der Waals surface area contributed by atoms with Gasteiger partial charge in [-0.2, -0.15) is 0 Å². The SMILES string of the molecule is O=C(c1cccs1)N1CCCC(C(=O)N2CCN(Cc3cccc(Cl)c3)CC2)C1. The fraction of sp³-hybridized carbons (Fsp3) is 0.455. The Morgan fingerprint density at radius 1 is 1.03 bits per heavy atom. The molecule has 1 aromatic carbocycles. The third-order valence-electron chi connectivity index (χ3n) is 5.77. The molecule has 5 nitrogen and oxygen atoms in total. The quantitative estimate of drug-likeness (QED) is 0.742. The molecule has 2 saturated heterocycles. The smallest absolute Gasteiger partial charge is 0.263 e. The van der Waals surface area contributed by atoms with Gasteiger partial charge in [-0.15, -0.1) is 11.3 Å². The number of benzene rings is 1. The molecule has 2 amide bonds. The van der Waals surface area contributed by atoms with Gasteiger partial charge in [0.15, 0.2) is 0 Å². The summed E-state index contributed by atoms with van der Waals surface area (Å²) in [6.45, 7) is 5.36. The van der Waals surface area contributed by atoms with Crippen LogP contribution in [0.5, 0.6) is 0 Å². The number of piperazine rings is 1. The largest absolute Gasteiger partial charge is 0.340 e. The van der Waals surface area contributed by atoms with Crippen LogP contribution in [0.4, 0.5) is 0 Å². The number of nitrogens with zero attached hydrogens (tertiary/aromatic N) is 3. The molecule has 1 aromatic heterocycles. The second kappa shape index (κ2) is 9.28. The molecule has 3 heterocycles. The van der Waals surface area contributed by atoms with Crippen molar-refractivity contribution < 1.29 is 9.59 Å². The standard InChI is InChI=1S/C22H26ClN3O2S/c23-19-6-1-4-17(14-19)15-24-9-11-25(12-10-24)21(27)18-5-2-8-26(16-18)22(28)20-7-3-13-29-20/h1,3-4,6-7,13-14,18H,2,5,8-12,15-16H2. The highest BCUT2D eigenvalue weighted by molar-refractivity contribution is 7.12. The average Bonchev–Trinajstić information content (AvgIpc) is 3.28. The molecular weight excluding hydrogens is 406 g/mol. The number of amides is 2. The van der Waals surface area contributed by atoms with Gasteiger partial charge in [0.05, 0.1) is 10.8 Å². The number of piperidine rings is 1. The summed E-state index contributed by atoms with van der Waals surface area (Å²) < 4.78 is 0. The molecule has 29 heavy (non-hydrogen) atoms. The van der Waals surface area contributed by atoms with Crippen molar-refractivity contribution in [1.29, 1.82) is 0 Å². The minimum atomic E-state index is -0.0767. The summed E-state index contributed by atoms with van der Waals surface area (Å²) in [6.07, 6.45) is 1.76. The highest BCUT2D eigenvalue weighted by atomic mass is 35.5. The average molecular weight is 432 g/mol. The molecule has 0 radical (unpaired) electrons. The van der Waals surface area contributed by atoms with Gasteiger partial charge in [-0.1, -0.05) is 29.8 Å². The van der Waals surface area contributed by atoms with E-state index in [1.807, 2.05) is 45.5 Å². The molecular formula is C22H26ClN3O2S. The highest BCUT2D eigenvalue weighted by Crippen LogP contribution is 2.23. The van der Waals surface area contributed by atoms with E-state index in [0.29, 0.717) is 6.54 Å². The van der Waals surface area contributed by atoms with Gasteiger partial charge in [0.2, 0.25) is 5.91 Å². The lowest BCUT2D eigenvalue weighted by Gasteiger charge is -2.39. The zero-order valence-corrected chi connectivity index (χ0v) is 18.0. The highest BCUT2D eigenvalue weighted by Gasteiger charge is 2.33. The number of thiophene rings is 1. The molecule has 0 N–H and O–H groups in total. The number of rotatable bonds is 4. The van der Waals surface area contributed by atoms with Crippen LogP contribution in [-0.2, 0) is 11.3 Å². The number of carbonyl (C=O) groups excluding carboxylic acids is 2. The van der Waals surface area contributed by atoms with E-state index in [2.05, 4.69) is 11.0 Å². The predicted molar refractivity (Wildman–Crippen MR) is 116 cm³/mol. The third-order valence-corrected chi connectivity index (χ3v) is 6.86. The van der Waals surface area contributed by atoms with E-state index < -0.39 is 0 Å². The maximum absolute atomic E-state index is 13.1. The van der Waals surface area contributed by atoms with E-state index >= 15 is 0 Å². The molecule has 0 aliphatic carbocycles. The summed E-state index contributed by atoms with van der Waals surface area (Å²) >= 11 is 7.54. The van der Waals surface area contributed by atoms with Crippen molar-refractivity contribution in [2.24, 2.45) is 5.92 Å². The molecule has 1 atom stereocenters. The third kappa shape index (κ3) is 5.00. The molecule has 7 heteroatoms. The topological polar surface area (TPSA) is 43.9 Å². The Morgan fingerprint density at radius 3 is 2.59 bits per heavy atom. The first-order valence-corrected chi connectivity index (χ1v) is 11.4. The van der Waals surface area contributed by atoms with Gasteiger partial charge < -0.3 is 9.80 Å². The van der Waals surface area contributed by atoms with Crippen molar-refractivity contribution >= 4 is 34.8 Å². The van der Waals surface area contributed by atoms with Crippen molar-refractivity contribution in [2.45, 2.75) is 19.4 Å². The molecule has 0 bridgehead atoms. The number of carbonyl (C=O) groups is 2. The Bertz CT molecular complexity index is 850. The fourth-order valence-electron chi connectivity index (χ4n) is 4.20. The Kier molecular flexibility index (Phi) is 6.53. The molecule has 154 valence electrons. The number of halogens is 1. The van der Waals surface area contributed by atoms with Crippen LogP contribution in [0, 0.1) is 5.92 Å². The van der Waals surface area contributed by atoms with Crippen molar-refractivity contribution in [3.63, 3.8) is 0 Å². The fourth-order valence-corrected chi connectivity index (χ4v) is 5.10. The van der Waals surface area contributed by atoms with Gasteiger partial charge in [-0.3, -0.25) is 14.5 Å². The van der Waals surface area contributed by atoms with Gasteiger partial charge in [-0.05, 0) is 42.0 Å². The van der Waals surface area contributed by atoms with E-state index in [1.54, 1.807) is 0 Å². The van der Waals surface area contributed by atoms with Crippen molar-refractivity contribution in [2.75, 3.05) is 39.3 Å². The summed E-state index contributed by atoms with van der Waals surface area (Å²) in [6, 6.07) is 11.7. The van der Waals surface area contributed by atoms with E-state index in [4.69, 9.17) is 11.6 Å². The van der Waals surface area contributed by atoms with Gasteiger partial charge in [0.25, 0.3) is 5.91 Å². The maximum atomic E-state index is 13.1. The second-order valence-electron chi connectivity index (χ2n) is 7.80. The van der Waals surface area contributed by atoms with Crippen LogP contribution in [0.2, 0.25) is 5.02 Å². The second-order valence-corrected chi connectivity index (χ2v) is 9.18. The summed E-state index contributed by atoms with van der Waals surface area (Å²) in [7, 11) is 0. The minimum absolute atomic E-state index is 0.0591. The van der Waals surface area contributed by atoms with Gasteiger partial charge in [0, 0.05) is 50.8 Å². The Morgan fingerprint density at radius 2 is 1.86 bits per heavy atom. The van der Waals surface area contributed by atoms with Crippen LogP contribution in [0.15, 0.2) is 41.8 Å². The summed E-state index contributed by atoms with van der Waals surface area (Å²) in [4.78, 5) is 32.7. The summed E-state index contributed by atoms with van der Waals surface area (Å²) in [5.74, 6) is 0.187. The minimum Gasteiger partial charge on any atom is -0.340 e. The van der Waals surface area contributed by atoms with Gasteiger partial charge in [0.1, 0.15) is 0 Å². The lowest BCUT2D eigenvalue weighted by atomic mass is 9.96. The summed E-state index contributed by atoms with van der Waals surface area (Å²) in [5, 5.41) is 2.68. The molecule has 4 rings (SSSR count). The van der Waals surface area contributed by atoms with Crippen LogP contribution < -0.4 is 0 Å². The van der Waals surface area contributed by atoms with Crippen LogP contribution in [-0.4, -0.2) is 65.8 Å². The van der Waals surface area contributed by atoms with Crippen LogP contribution >= 0.6 is 22.9 Å². The first-order chi connectivity index (χ1) is 14.1. The predicted octanol–water partition coefficient (Wildman–Crippen LogP) is 3.60. The number of likely N-dealkylation sites (tertiary alicyclic amines) is 1. The van der Waals surface area contributed by atoms with Crippen LogP contribution in [0.25, 0.3) is 0 Å². The van der Waals surface area contributed by atoms with Crippen molar-refractivity contribution in [1.82, 2.24) is 14.7 Å². The van der Waals surface area contributed by atoms with E-state index in [9.17, 15) is 9.59 Å². The van der Waals surface area contributed by atoms with Crippen molar-refractivity contribution in [3.05, 3.63) is 57.2 Å². The van der Waals surface area contributed by atoms with E-state index in [-0.39, 0.29) is 17.7 Å². The lowest BCUT2D eigenvalue weighted by Crippen LogP contribution is -2.52. The number of hydrogen-bond donors (Lipinski definition) is 0. The monoisotopic (exact) mass is 431 g/mol. The Labute approximate surface area is 180 Å². The van der Waals surface area contributed by atoms with E-state index in [1.165, 1.54) is 16.9 Å². The van der Waals surface area contributed by atoms with Crippen LogP contribution in [0.1, 0.15) is 28.1 Å². The summed E-state index contributed by atoms with van der Waals surface area (Å²) in [5.41, 5.74) is 1.20. The van der Waals surface area contributed by atoms with Crippen LogP contribution in [0.3, 0.4) is 0 Å². The molecule has 0 spiro atoms. The van der Waals surface area contributed by atoms with E-state index in [0.717, 1.165) is 62.0 Å². The van der Waals surface area contributed by atoms with Gasteiger partial charge in [-0.25, -0.2) is 0 Å².